The lowest BCUT2D eigenvalue weighted by Crippen LogP contribution is -2.27. The van der Waals surface area contributed by atoms with Crippen molar-refractivity contribution in [3.8, 4) is 11.5 Å². The molecule has 1 heterocycles. The van der Waals surface area contributed by atoms with Gasteiger partial charge in [0.25, 0.3) is 5.91 Å². The highest BCUT2D eigenvalue weighted by Crippen LogP contribution is 2.37. The zero-order valence-electron chi connectivity index (χ0n) is 15.5. The lowest BCUT2D eigenvalue weighted by molar-refractivity contribution is -0.113. The molecule has 1 saturated heterocycles. The number of benzene rings is 2. The second kappa shape index (κ2) is 8.59. The number of nitrogens with zero attached hydrogens (tertiary/aromatic N) is 1. The summed E-state index contributed by atoms with van der Waals surface area (Å²) in [5, 5.41) is 0. The van der Waals surface area contributed by atoms with E-state index in [0.717, 1.165) is 17.7 Å². The largest absolute Gasteiger partial charge is 0.493 e. The van der Waals surface area contributed by atoms with E-state index in [1.54, 1.807) is 12.0 Å². The predicted octanol–water partition coefficient (Wildman–Crippen LogP) is 5.28. The Bertz CT molecular complexity index is 880. The number of amides is 1. The first-order valence-electron chi connectivity index (χ1n) is 8.71. The summed E-state index contributed by atoms with van der Waals surface area (Å²) < 4.78 is 11.9. The Morgan fingerprint density at radius 2 is 1.93 bits per heavy atom. The maximum atomic E-state index is 12.8. The molecule has 2 aromatic rings. The third-order valence-corrected chi connectivity index (χ3v) is 5.50. The SMILES string of the molecule is CC[C@H](C)Oc1ccc(/C=C2/SC(=S)N(c3ccccc3)C2=O)cc1OC. The molecule has 2 aromatic carbocycles. The minimum Gasteiger partial charge on any atom is -0.493 e. The summed E-state index contributed by atoms with van der Waals surface area (Å²) >= 11 is 6.71. The smallest absolute Gasteiger partial charge is 0.270 e. The Morgan fingerprint density at radius 1 is 1.19 bits per heavy atom. The normalized spacial score (nSPS) is 16.7. The number of thiocarbonyl (C=S) groups is 1. The molecule has 140 valence electrons. The number of carbonyl (C=O) groups excluding carboxylic acids is 1. The van der Waals surface area contributed by atoms with Crippen LogP contribution in [0.4, 0.5) is 5.69 Å². The van der Waals surface area contributed by atoms with Gasteiger partial charge in [0.15, 0.2) is 15.8 Å². The molecule has 0 unspecified atom stereocenters. The molecule has 1 atom stereocenters. The first kappa shape index (κ1) is 19.5. The van der Waals surface area contributed by atoms with Crippen LogP contribution in [-0.2, 0) is 4.79 Å². The highest BCUT2D eigenvalue weighted by atomic mass is 32.2. The Morgan fingerprint density at radius 3 is 2.59 bits per heavy atom. The number of ether oxygens (including phenoxy) is 2. The van der Waals surface area contributed by atoms with E-state index in [1.807, 2.05) is 61.5 Å². The van der Waals surface area contributed by atoms with Crippen molar-refractivity contribution in [1.29, 1.82) is 0 Å². The van der Waals surface area contributed by atoms with Crippen LogP contribution in [0.2, 0.25) is 0 Å². The van der Waals surface area contributed by atoms with Gasteiger partial charge in [-0.2, -0.15) is 0 Å². The average molecular weight is 400 g/mol. The van der Waals surface area contributed by atoms with Gasteiger partial charge in [-0.1, -0.05) is 55.2 Å². The Kier molecular flexibility index (Phi) is 6.19. The van der Waals surface area contributed by atoms with Gasteiger partial charge in [-0.05, 0) is 49.2 Å². The molecule has 4 nitrogen and oxygen atoms in total. The van der Waals surface area contributed by atoms with Gasteiger partial charge in [0.2, 0.25) is 0 Å². The number of hydrogen-bond donors (Lipinski definition) is 0. The summed E-state index contributed by atoms with van der Waals surface area (Å²) in [5.74, 6) is 1.22. The predicted molar refractivity (Wildman–Crippen MR) is 115 cm³/mol. The highest BCUT2D eigenvalue weighted by Gasteiger charge is 2.33. The van der Waals surface area contributed by atoms with E-state index in [0.29, 0.717) is 20.7 Å². The van der Waals surface area contributed by atoms with Gasteiger partial charge in [-0.3, -0.25) is 9.69 Å². The number of anilines is 1. The quantitative estimate of drug-likeness (QED) is 0.488. The Hall–Kier alpha value is -2.31. The molecule has 0 aromatic heterocycles. The van der Waals surface area contributed by atoms with Gasteiger partial charge in [0, 0.05) is 0 Å². The van der Waals surface area contributed by atoms with E-state index in [9.17, 15) is 4.79 Å². The van der Waals surface area contributed by atoms with Crippen LogP contribution in [0.1, 0.15) is 25.8 Å². The summed E-state index contributed by atoms with van der Waals surface area (Å²) in [4.78, 5) is 15.0. The maximum Gasteiger partial charge on any atom is 0.270 e. The summed E-state index contributed by atoms with van der Waals surface area (Å²) in [6.45, 7) is 4.09. The average Bonchev–Trinajstić information content (AvgIpc) is 2.96. The van der Waals surface area contributed by atoms with Crippen molar-refractivity contribution in [2.24, 2.45) is 0 Å². The number of hydrogen-bond acceptors (Lipinski definition) is 5. The first-order chi connectivity index (χ1) is 13.0. The number of methoxy groups -OCH3 is 1. The summed E-state index contributed by atoms with van der Waals surface area (Å²) in [5.41, 5.74) is 1.63. The van der Waals surface area contributed by atoms with Gasteiger partial charge in [-0.25, -0.2) is 0 Å². The molecule has 1 aliphatic heterocycles. The van der Waals surface area contributed by atoms with Crippen molar-refractivity contribution in [3.63, 3.8) is 0 Å². The number of para-hydroxylation sites is 1. The van der Waals surface area contributed by atoms with Crippen molar-refractivity contribution in [2.45, 2.75) is 26.4 Å². The third-order valence-electron chi connectivity index (χ3n) is 4.20. The molecular formula is C21H21NO3S2. The minimum absolute atomic E-state index is 0.104. The Balaban J connectivity index is 1.86. The number of thioether (sulfide) groups is 1. The minimum atomic E-state index is -0.116. The molecule has 0 spiro atoms. The van der Waals surface area contributed by atoms with Crippen LogP contribution in [0.5, 0.6) is 11.5 Å². The zero-order chi connectivity index (χ0) is 19.4. The van der Waals surface area contributed by atoms with Gasteiger partial charge < -0.3 is 9.47 Å². The van der Waals surface area contributed by atoms with Crippen LogP contribution < -0.4 is 14.4 Å². The zero-order valence-corrected chi connectivity index (χ0v) is 17.1. The molecule has 0 saturated carbocycles. The summed E-state index contributed by atoms with van der Waals surface area (Å²) in [7, 11) is 1.61. The van der Waals surface area contributed by atoms with Crippen LogP contribution >= 0.6 is 24.0 Å². The molecule has 27 heavy (non-hydrogen) atoms. The highest BCUT2D eigenvalue weighted by molar-refractivity contribution is 8.27. The number of carbonyl (C=O) groups is 1. The van der Waals surface area contributed by atoms with Crippen LogP contribution in [-0.4, -0.2) is 23.4 Å². The molecule has 0 radical (unpaired) electrons. The Labute approximate surface area is 169 Å². The van der Waals surface area contributed by atoms with Crippen molar-refractivity contribution in [1.82, 2.24) is 0 Å². The van der Waals surface area contributed by atoms with E-state index >= 15 is 0 Å². The molecule has 1 aliphatic rings. The second-order valence-corrected chi connectivity index (χ2v) is 7.78. The fourth-order valence-corrected chi connectivity index (χ4v) is 3.89. The topological polar surface area (TPSA) is 38.8 Å². The van der Waals surface area contributed by atoms with Crippen molar-refractivity contribution >= 4 is 46.0 Å². The molecule has 6 heteroatoms. The number of rotatable bonds is 6. The van der Waals surface area contributed by atoms with E-state index in [4.69, 9.17) is 21.7 Å². The van der Waals surface area contributed by atoms with Gasteiger partial charge >= 0.3 is 0 Å². The van der Waals surface area contributed by atoms with Crippen molar-refractivity contribution in [2.75, 3.05) is 12.0 Å². The molecular weight excluding hydrogens is 378 g/mol. The van der Waals surface area contributed by atoms with Crippen LogP contribution in [0.15, 0.2) is 53.4 Å². The van der Waals surface area contributed by atoms with Gasteiger partial charge in [0.05, 0.1) is 23.8 Å². The van der Waals surface area contributed by atoms with Crippen LogP contribution in [0.3, 0.4) is 0 Å². The monoisotopic (exact) mass is 399 g/mol. The molecule has 0 aliphatic carbocycles. The van der Waals surface area contributed by atoms with E-state index in [1.165, 1.54) is 11.8 Å². The van der Waals surface area contributed by atoms with Crippen molar-refractivity contribution in [3.05, 3.63) is 59.0 Å². The first-order valence-corrected chi connectivity index (χ1v) is 9.93. The van der Waals surface area contributed by atoms with Crippen LogP contribution in [0, 0.1) is 0 Å². The molecule has 0 bridgehead atoms. The van der Waals surface area contributed by atoms with Gasteiger partial charge in [0.1, 0.15) is 0 Å². The fourth-order valence-electron chi connectivity index (χ4n) is 2.59. The van der Waals surface area contributed by atoms with Crippen molar-refractivity contribution < 1.29 is 14.3 Å². The third kappa shape index (κ3) is 4.34. The van der Waals surface area contributed by atoms with Gasteiger partial charge in [-0.15, -0.1) is 0 Å². The fraction of sp³-hybridized carbons (Fsp3) is 0.238. The van der Waals surface area contributed by atoms with Crippen LogP contribution in [0.25, 0.3) is 6.08 Å². The summed E-state index contributed by atoms with van der Waals surface area (Å²) in [6, 6.07) is 15.1. The standard InChI is InChI=1S/C21H21NO3S2/c1-4-14(2)25-17-11-10-15(12-18(17)24-3)13-19-20(23)22(21(26)27-19)16-8-6-5-7-9-16/h5-14H,4H2,1-3H3/b19-13+/t14-/m0/s1. The van der Waals surface area contributed by atoms with E-state index in [-0.39, 0.29) is 12.0 Å². The van der Waals surface area contributed by atoms with E-state index in [2.05, 4.69) is 6.92 Å². The lowest BCUT2D eigenvalue weighted by atomic mass is 10.1. The van der Waals surface area contributed by atoms with E-state index < -0.39 is 0 Å². The summed E-state index contributed by atoms with van der Waals surface area (Å²) in [6.07, 6.45) is 2.84. The molecule has 3 rings (SSSR count). The molecule has 1 fully saturated rings. The molecule has 1 amide bonds. The lowest BCUT2D eigenvalue weighted by Gasteiger charge is -2.16. The second-order valence-electron chi connectivity index (χ2n) is 6.10. The maximum absolute atomic E-state index is 12.8. The molecule has 0 N–H and O–H groups in total.